The molecule has 2 unspecified atom stereocenters. The zero-order chi connectivity index (χ0) is 18.9. The molecule has 0 amide bonds. The number of aryl methyl sites for hydroxylation is 1. The van der Waals surface area contributed by atoms with Gasteiger partial charge in [0.1, 0.15) is 0 Å². The minimum Gasteiger partial charge on any atom is -0.382 e. The molecule has 1 aromatic rings. The first-order valence-corrected chi connectivity index (χ1v) is 10.8. The molecular formula is C23H34N2S. The van der Waals surface area contributed by atoms with Crippen molar-refractivity contribution < 1.29 is 0 Å². The Balaban J connectivity index is 1.70. The summed E-state index contributed by atoms with van der Waals surface area (Å²) in [5, 5.41) is 8.36. The molecule has 26 heavy (non-hydrogen) atoms. The zero-order valence-electron chi connectivity index (χ0n) is 17.1. The molecular weight excluding hydrogens is 336 g/mol. The first-order chi connectivity index (χ1) is 12.2. The van der Waals surface area contributed by atoms with E-state index in [9.17, 15) is 0 Å². The first-order valence-electron chi connectivity index (χ1n) is 9.86. The molecule has 0 radical (unpaired) electrons. The van der Waals surface area contributed by atoms with Gasteiger partial charge in [-0.2, -0.15) is 11.3 Å². The van der Waals surface area contributed by atoms with Crippen LogP contribution in [0.25, 0.3) is 0 Å². The summed E-state index contributed by atoms with van der Waals surface area (Å²) in [5.41, 5.74) is 7.31. The first kappa shape index (κ1) is 19.3. The largest absolute Gasteiger partial charge is 0.382 e. The number of nitrogens with zero attached hydrogens (tertiary/aromatic N) is 1. The molecule has 0 saturated heterocycles. The van der Waals surface area contributed by atoms with Gasteiger partial charge >= 0.3 is 0 Å². The van der Waals surface area contributed by atoms with Gasteiger partial charge in [0.2, 0.25) is 0 Å². The molecule has 1 aliphatic heterocycles. The van der Waals surface area contributed by atoms with Crippen LogP contribution in [0, 0.1) is 11.3 Å². The van der Waals surface area contributed by atoms with Gasteiger partial charge in [-0.25, -0.2) is 0 Å². The normalized spacial score (nSPS) is 23.7. The fourth-order valence-electron chi connectivity index (χ4n) is 4.18. The Kier molecular flexibility index (Phi) is 5.67. The van der Waals surface area contributed by atoms with Crippen molar-refractivity contribution in [1.29, 1.82) is 0 Å². The summed E-state index contributed by atoms with van der Waals surface area (Å²) in [5.74, 6) is 0.469. The van der Waals surface area contributed by atoms with Crippen LogP contribution in [0.4, 0.5) is 0 Å². The number of thiophene rings is 1. The van der Waals surface area contributed by atoms with E-state index in [0.29, 0.717) is 12.0 Å². The van der Waals surface area contributed by atoms with Crippen molar-refractivity contribution in [2.75, 3.05) is 6.54 Å². The number of hydrogen-bond acceptors (Lipinski definition) is 3. The average Bonchev–Trinajstić information content (AvgIpc) is 2.86. The Bertz CT molecular complexity index is 717. The summed E-state index contributed by atoms with van der Waals surface area (Å²) in [4.78, 5) is 2.57. The van der Waals surface area contributed by atoms with Crippen molar-refractivity contribution in [1.82, 2.24) is 10.2 Å². The van der Waals surface area contributed by atoms with Crippen LogP contribution >= 0.6 is 11.3 Å². The highest BCUT2D eigenvalue weighted by Crippen LogP contribution is 2.31. The second-order valence-electron chi connectivity index (χ2n) is 9.25. The van der Waals surface area contributed by atoms with Gasteiger partial charge < -0.3 is 10.2 Å². The predicted molar refractivity (Wildman–Crippen MR) is 114 cm³/mol. The lowest BCUT2D eigenvalue weighted by molar-refractivity contribution is 0.339. The monoisotopic (exact) mass is 370 g/mol. The number of fused-ring (bicyclic) bond motifs is 1. The lowest BCUT2D eigenvalue weighted by atomic mass is 9.86. The maximum absolute atomic E-state index is 4.28. The lowest BCUT2D eigenvalue weighted by Gasteiger charge is -2.35. The molecule has 0 spiro atoms. The summed E-state index contributed by atoms with van der Waals surface area (Å²) in [6.45, 7) is 17.9. The Labute approximate surface area is 163 Å². The van der Waals surface area contributed by atoms with Crippen molar-refractivity contribution in [3.05, 3.63) is 57.6 Å². The molecule has 1 aromatic heterocycles. The van der Waals surface area contributed by atoms with Gasteiger partial charge in [-0.05, 0) is 65.1 Å². The fraction of sp³-hybridized carbons (Fsp3) is 0.565. The van der Waals surface area contributed by atoms with E-state index in [-0.39, 0.29) is 5.41 Å². The van der Waals surface area contributed by atoms with Crippen LogP contribution in [0.1, 0.15) is 58.6 Å². The maximum atomic E-state index is 4.28. The van der Waals surface area contributed by atoms with Crippen molar-refractivity contribution in [3.63, 3.8) is 0 Å². The molecule has 2 atom stereocenters. The quantitative estimate of drug-likeness (QED) is 0.711. The highest BCUT2D eigenvalue weighted by Gasteiger charge is 2.26. The van der Waals surface area contributed by atoms with Crippen LogP contribution in [-0.2, 0) is 13.0 Å². The topological polar surface area (TPSA) is 15.3 Å². The Morgan fingerprint density at radius 1 is 1.31 bits per heavy atom. The number of nitrogens with one attached hydrogen (secondary N) is 1. The van der Waals surface area contributed by atoms with Gasteiger partial charge in [-0.15, -0.1) is 0 Å². The van der Waals surface area contributed by atoms with Crippen LogP contribution in [0.15, 0.2) is 46.5 Å². The van der Waals surface area contributed by atoms with Gasteiger partial charge in [0.25, 0.3) is 0 Å². The molecule has 3 heteroatoms. The molecule has 0 saturated carbocycles. The smallest absolute Gasteiger partial charge is 0.0532 e. The van der Waals surface area contributed by atoms with E-state index in [0.717, 1.165) is 25.2 Å². The highest BCUT2D eigenvalue weighted by atomic mass is 32.1. The van der Waals surface area contributed by atoms with Gasteiger partial charge in [0, 0.05) is 30.4 Å². The van der Waals surface area contributed by atoms with Crippen LogP contribution in [0.2, 0.25) is 0 Å². The molecule has 2 aliphatic rings. The van der Waals surface area contributed by atoms with Crippen LogP contribution < -0.4 is 5.32 Å². The SMILES string of the molecule is C=C(CC(C)(C)C)NC1C(C)=CC(N2CCCc3cscc3C2)=CC1C. The van der Waals surface area contributed by atoms with Crippen molar-refractivity contribution in [2.24, 2.45) is 11.3 Å². The Morgan fingerprint density at radius 3 is 2.73 bits per heavy atom. The standard InChI is InChI=1S/C23H34N2S/c1-16-10-21(25-9-7-8-19-14-26-15-20(19)13-25)11-17(2)22(16)24-18(3)12-23(4,5)6/h10-11,14-16,22,24H,3,7-9,12-13H2,1-2,4-6H3. The lowest BCUT2D eigenvalue weighted by Crippen LogP contribution is -2.38. The number of rotatable bonds is 4. The van der Waals surface area contributed by atoms with Crippen molar-refractivity contribution >= 4 is 11.3 Å². The summed E-state index contributed by atoms with van der Waals surface area (Å²) in [6.07, 6.45) is 8.31. The molecule has 1 N–H and O–H groups in total. The minimum absolute atomic E-state index is 0.269. The van der Waals surface area contributed by atoms with Crippen LogP contribution in [0.3, 0.4) is 0 Å². The second kappa shape index (κ2) is 7.64. The van der Waals surface area contributed by atoms with Gasteiger partial charge in [-0.3, -0.25) is 0 Å². The molecule has 0 aromatic carbocycles. The van der Waals surface area contributed by atoms with E-state index >= 15 is 0 Å². The maximum Gasteiger partial charge on any atom is 0.0532 e. The van der Waals surface area contributed by atoms with Gasteiger partial charge in [0.05, 0.1) is 6.04 Å². The van der Waals surface area contributed by atoms with Gasteiger partial charge in [0.15, 0.2) is 0 Å². The highest BCUT2D eigenvalue weighted by molar-refractivity contribution is 7.08. The molecule has 1 aliphatic carbocycles. The average molecular weight is 371 g/mol. The van der Waals surface area contributed by atoms with E-state index in [1.54, 1.807) is 5.56 Å². The molecule has 0 fully saturated rings. The van der Waals surface area contributed by atoms with Gasteiger partial charge in [-0.1, -0.05) is 40.3 Å². The third-order valence-corrected chi connectivity index (χ3v) is 6.20. The van der Waals surface area contributed by atoms with Crippen molar-refractivity contribution in [3.8, 4) is 0 Å². The van der Waals surface area contributed by atoms with E-state index in [2.05, 4.69) is 74.3 Å². The molecule has 2 heterocycles. The Hall–Kier alpha value is -1.48. The van der Waals surface area contributed by atoms with Crippen molar-refractivity contribution in [2.45, 2.75) is 66.5 Å². The van der Waals surface area contributed by atoms with Crippen LogP contribution in [-0.4, -0.2) is 17.5 Å². The van der Waals surface area contributed by atoms with E-state index in [4.69, 9.17) is 0 Å². The van der Waals surface area contributed by atoms with E-state index in [1.165, 1.54) is 29.7 Å². The summed E-state index contributed by atoms with van der Waals surface area (Å²) in [6, 6.07) is 0.359. The predicted octanol–water partition coefficient (Wildman–Crippen LogP) is 5.88. The second-order valence-corrected chi connectivity index (χ2v) is 9.99. The molecule has 3 rings (SSSR count). The summed E-state index contributed by atoms with van der Waals surface area (Å²) < 4.78 is 0. The fourth-order valence-corrected chi connectivity index (χ4v) is 5.07. The number of allylic oxidation sites excluding steroid dienone is 2. The molecule has 142 valence electrons. The number of hydrogen-bond donors (Lipinski definition) is 1. The Morgan fingerprint density at radius 2 is 2.04 bits per heavy atom. The zero-order valence-corrected chi connectivity index (χ0v) is 17.9. The van der Waals surface area contributed by atoms with E-state index in [1.807, 2.05) is 11.3 Å². The molecule has 2 nitrogen and oxygen atoms in total. The molecule has 0 bridgehead atoms. The van der Waals surface area contributed by atoms with Crippen LogP contribution in [0.5, 0.6) is 0 Å². The minimum atomic E-state index is 0.269. The van der Waals surface area contributed by atoms with E-state index < -0.39 is 0 Å². The summed E-state index contributed by atoms with van der Waals surface area (Å²) in [7, 11) is 0. The third kappa shape index (κ3) is 4.62. The summed E-state index contributed by atoms with van der Waals surface area (Å²) >= 11 is 1.84. The third-order valence-electron chi connectivity index (χ3n) is 5.36.